The maximum atomic E-state index is 8.99. The number of rotatable bonds is 1. The number of halogens is 1. The van der Waals surface area contributed by atoms with Gasteiger partial charge in [-0.2, -0.15) is 0 Å². The molecule has 0 spiro atoms. The summed E-state index contributed by atoms with van der Waals surface area (Å²) in [7, 11) is 1.52. The van der Waals surface area contributed by atoms with E-state index in [0.717, 1.165) is 0 Å². The number of benzene rings is 1. The Morgan fingerprint density at radius 1 is 1.30 bits per heavy atom. The lowest BCUT2D eigenvalue weighted by Crippen LogP contribution is -1.80. The van der Waals surface area contributed by atoms with Gasteiger partial charge < -0.3 is 9.84 Å². The molecule has 0 bridgehead atoms. The van der Waals surface area contributed by atoms with Crippen molar-refractivity contribution in [1.29, 1.82) is 0 Å². The monoisotopic (exact) mass is 160 g/mol. The van der Waals surface area contributed by atoms with E-state index in [-0.39, 0.29) is 18.2 Å². The Balaban J connectivity index is 0.000000810. The van der Waals surface area contributed by atoms with Gasteiger partial charge in [-0.15, -0.1) is 12.4 Å². The van der Waals surface area contributed by atoms with Gasteiger partial charge in [0.25, 0.3) is 0 Å². The minimum absolute atomic E-state index is 0. The second-order valence-electron chi connectivity index (χ2n) is 1.67. The quantitative estimate of drug-likeness (QED) is 0.679. The van der Waals surface area contributed by atoms with Gasteiger partial charge in [-0.05, 0) is 12.1 Å². The standard InChI is InChI=1S/C7H8O2.ClH/c1-9-7-5-3-2-4-6(7)8;/h2-5,8H,1H3;1H. The zero-order chi connectivity index (χ0) is 6.69. The molecule has 0 radical (unpaired) electrons. The van der Waals surface area contributed by atoms with E-state index in [2.05, 4.69) is 0 Å². The fourth-order valence-electron chi connectivity index (χ4n) is 0.630. The molecule has 1 aromatic rings. The predicted octanol–water partition coefficient (Wildman–Crippen LogP) is 1.82. The van der Waals surface area contributed by atoms with Crippen LogP contribution in [0, 0.1) is 0 Å². The summed E-state index contributed by atoms with van der Waals surface area (Å²) in [5.74, 6) is 0.692. The van der Waals surface area contributed by atoms with E-state index in [4.69, 9.17) is 9.84 Å². The van der Waals surface area contributed by atoms with Gasteiger partial charge in [0.15, 0.2) is 11.5 Å². The first-order chi connectivity index (χ1) is 4.34. The third kappa shape index (κ3) is 1.81. The van der Waals surface area contributed by atoms with Gasteiger partial charge in [0.1, 0.15) is 0 Å². The number of phenols is 1. The first-order valence-electron chi connectivity index (χ1n) is 2.66. The Morgan fingerprint density at radius 3 is 2.30 bits per heavy atom. The second-order valence-corrected chi connectivity index (χ2v) is 1.67. The molecule has 0 saturated heterocycles. The van der Waals surface area contributed by atoms with Gasteiger partial charge >= 0.3 is 0 Å². The first-order valence-corrected chi connectivity index (χ1v) is 2.66. The Kier molecular flexibility index (Phi) is 3.65. The summed E-state index contributed by atoms with van der Waals surface area (Å²) in [5, 5.41) is 8.99. The largest absolute Gasteiger partial charge is 0.504 e. The van der Waals surface area contributed by atoms with Gasteiger partial charge in [-0.25, -0.2) is 0 Å². The first kappa shape index (κ1) is 9.11. The van der Waals surface area contributed by atoms with Gasteiger partial charge in [-0.1, -0.05) is 12.1 Å². The highest BCUT2D eigenvalue weighted by Crippen LogP contribution is 2.22. The number of aromatic hydroxyl groups is 1. The molecule has 0 unspecified atom stereocenters. The minimum atomic E-state index is 0. The van der Waals surface area contributed by atoms with Crippen molar-refractivity contribution >= 4 is 12.4 Å². The number of methoxy groups -OCH3 is 1. The number of hydrogen-bond acceptors (Lipinski definition) is 2. The zero-order valence-corrected chi connectivity index (χ0v) is 6.39. The van der Waals surface area contributed by atoms with Gasteiger partial charge in [0.05, 0.1) is 7.11 Å². The fourth-order valence-corrected chi connectivity index (χ4v) is 0.630. The number of ether oxygens (including phenoxy) is 1. The van der Waals surface area contributed by atoms with E-state index in [1.54, 1.807) is 24.3 Å². The average Bonchev–Trinajstić information content (AvgIpc) is 1.89. The van der Waals surface area contributed by atoms with Crippen LogP contribution in [0.3, 0.4) is 0 Å². The van der Waals surface area contributed by atoms with Crippen molar-refractivity contribution in [2.75, 3.05) is 7.11 Å². The smallest absolute Gasteiger partial charge is 0.160 e. The summed E-state index contributed by atoms with van der Waals surface area (Å²) in [4.78, 5) is 0. The van der Waals surface area contributed by atoms with Gasteiger partial charge in [0, 0.05) is 0 Å². The molecule has 2 nitrogen and oxygen atoms in total. The summed E-state index contributed by atoms with van der Waals surface area (Å²) >= 11 is 0. The molecule has 0 aliphatic rings. The fraction of sp³-hybridized carbons (Fsp3) is 0.143. The lowest BCUT2D eigenvalue weighted by atomic mass is 10.3. The number of phenolic OH excluding ortho intramolecular Hbond substituents is 1. The number of para-hydroxylation sites is 2. The maximum Gasteiger partial charge on any atom is 0.160 e. The molecular formula is C7H9ClO2. The lowest BCUT2D eigenvalue weighted by Gasteiger charge is -1.99. The highest BCUT2D eigenvalue weighted by molar-refractivity contribution is 5.85. The van der Waals surface area contributed by atoms with Crippen molar-refractivity contribution in [3.8, 4) is 11.5 Å². The Hall–Kier alpha value is -0.890. The molecule has 10 heavy (non-hydrogen) atoms. The van der Waals surface area contributed by atoms with E-state index in [1.807, 2.05) is 0 Å². The van der Waals surface area contributed by atoms with Crippen molar-refractivity contribution in [2.24, 2.45) is 0 Å². The van der Waals surface area contributed by atoms with Gasteiger partial charge in [-0.3, -0.25) is 0 Å². The van der Waals surface area contributed by atoms with E-state index in [1.165, 1.54) is 7.11 Å². The van der Waals surface area contributed by atoms with Crippen molar-refractivity contribution in [2.45, 2.75) is 0 Å². The molecule has 1 rings (SSSR count). The Bertz CT molecular complexity index is 201. The third-order valence-corrected chi connectivity index (χ3v) is 1.09. The molecule has 1 N–H and O–H groups in total. The van der Waals surface area contributed by atoms with E-state index >= 15 is 0 Å². The second kappa shape index (κ2) is 4.01. The predicted molar refractivity (Wildman–Crippen MR) is 41.9 cm³/mol. The summed E-state index contributed by atoms with van der Waals surface area (Å²) < 4.78 is 4.79. The van der Waals surface area contributed by atoms with Crippen LogP contribution in [0.25, 0.3) is 0 Å². The molecule has 0 saturated carbocycles. The SMILES string of the molecule is COc1ccccc1O.Cl. The topological polar surface area (TPSA) is 29.5 Å². The van der Waals surface area contributed by atoms with Gasteiger partial charge in [0.2, 0.25) is 0 Å². The van der Waals surface area contributed by atoms with Crippen LogP contribution in [0.15, 0.2) is 24.3 Å². The van der Waals surface area contributed by atoms with Crippen LogP contribution in [-0.4, -0.2) is 12.2 Å². The molecule has 0 aliphatic heterocycles. The minimum Gasteiger partial charge on any atom is -0.504 e. The van der Waals surface area contributed by atoms with Crippen molar-refractivity contribution in [1.82, 2.24) is 0 Å². The van der Waals surface area contributed by atoms with Crippen LogP contribution < -0.4 is 4.74 Å². The molecule has 0 aromatic heterocycles. The lowest BCUT2D eigenvalue weighted by molar-refractivity contribution is 0.373. The highest BCUT2D eigenvalue weighted by atomic mass is 35.5. The summed E-state index contributed by atoms with van der Waals surface area (Å²) in [6.07, 6.45) is 0. The summed E-state index contributed by atoms with van der Waals surface area (Å²) in [6.45, 7) is 0. The Morgan fingerprint density at radius 2 is 1.90 bits per heavy atom. The van der Waals surface area contributed by atoms with Crippen LogP contribution in [0.1, 0.15) is 0 Å². The Labute approximate surface area is 65.9 Å². The van der Waals surface area contributed by atoms with E-state index < -0.39 is 0 Å². The summed E-state index contributed by atoms with van der Waals surface area (Å²) in [6, 6.07) is 6.84. The van der Waals surface area contributed by atoms with Crippen LogP contribution in [-0.2, 0) is 0 Å². The molecular weight excluding hydrogens is 152 g/mol. The van der Waals surface area contributed by atoms with Crippen molar-refractivity contribution in [3.63, 3.8) is 0 Å². The molecule has 0 fully saturated rings. The third-order valence-electron chi connectivity index (χ3n) is 1.09. The molecule has 0 atom stereocenters. The van der Waals surface area contributed by atoms with E-state index in [9.17, 15) is 0 Å². The van der Waals surface area contributed by atoms with Crippen LogP contribution in [0.5, 0.6) is 11.5 Å². The summed E-state index contributed by atoms with van der Waals surface area (Å²) in [5.41, 5.74) is 0. The van der Waals surface area contributed by atoms with Crippen LogP contribution in [0.4, 0.5) is 0 Å². The molecule has 56 valence electrons. The normalized spacial score (nSPS) is 8.10. The van der Waals surface area contributed by atoms with E-state index in [0.29, 0.717) is 5.75 Å². The molecule has 0 heterocycles. The van der Waals surface area contributed by atoms with Crippen molar-refractivity contribution < 1.29 is 9.84 Å². The number of hydrogen-bond donors (Lipinski definition) is 1. The molecule has 1 aromatic carbocycles. The molecule has 3 heteroatoms. The zero-order valence-electron chi connectivity index (χ0n) is 5.57. The van der Waals surface area contributed by atoms with Crippen LogP contribution >= 0.6 is 12.4 Å². The maximum absolute atomic E-state index is 8.99. The highest BCUT2D eigenvalue weighted by Gasteiger charge is 1.94. The average molecular weight is 161 g/mol. The van der Waals surface area contributed by atoms with Crippen LogP contribution in [0.2, 0.25) is 0 Å². The molecule has 0 aliphatic carbocycles. The molecule has 0 amide bonds. The van der Waals surface area contributed by atoms with Crippen molar-refractivity contribution in [3.05, 3.63) is 24.3 Å².